The molecule has 4 unspecified atom stereocenters. The quantitative estimate of drug-likeness (QED) is 0.0642. The number of nitrogens with zero attached hydrogens (tertiary/aromatic N) is 4. The zero-order valence-electron chi connectivity index (χ0n) is 28.2. The molecule has 4 aromatic carbocycles. The van der Waals surface area contributed by atoms with Crippen LogP contribution in [0.1, 0.15) is 35.1 Å². The highest BCUT2D eigenvalue weighted by Gasteiger charge is 2.33. The van der Waals surface area contributed by atoms with Gasteiger partial charge in [-0.05, 0) is 51.1 Å². The van der Waals surface area contributed by atoms with Crippen molar-refractivity contribution < 1.29 is 28.5 Å². The number of ether oxygens (including phenoxy) is 4. The smallest absolute Gasteiger partial charge is 0.419 e. The van der Waals surface area contributed by atoms with Crippen LogP contribution in [0.5, 0.6) is 11.5 Å². The van der Waals surface area contributed by atoms with Gasteiger partial charge in [0.15, 0.2) is 24.7 Å². The van der Waals surface area contributed by atoms with Crippen LogP contribution in [0.3, 0.4) is 0 Å². The highest BCUT2D eigenvalue weighted by atomic mass is 32.1. The highest BCUT2D eigenvalue weighted by molar-refractivity contribution is 7.09. The Labute approximate surface area is 298 Å². The molecule has 0 radical (unpaired) electrons. The van der Waals surface area contributed by atoms with Gasteiger partial charge in [-0.3, -0.25) is 9.80 Å². The van der Waals surface area contributed by atoms with Gasteiger partial charge < -0.3 is 18.9 Å². The van der Waals surface area contributed by atoms with E-state index in [4.69, 9.17) is 18.9 Å². The van der Waals surface area contributed by atoms with Crippen molar-refractivity contribution in [3.05, 3.63) is 118 Å². The Morgan fingerprint density at radius 1 is 0.600 bits per heavy atom. The third kappa shape index (κ3) is 8.45. The van der Waals surface area contributed by atoms with Gasteiger partial charge in [0.25, 0.3) is 0 Å². The molecule has 12 heteroatoms. The van der Waals surface area contributed by atoms with E-state index in [1.807, 2.05) is 95.7 Å². The average molecular weight is 711 g/mol. The number of carbonyl (C=O) groups is 2. The number of hydrogen-bond acceptors (Lipinski definition) is 12. The minimum Gasteiger partial charge on any atom is -0.482 e. The second kappa shape index (κ2) is 16.2. The van der Waals surface area contributed by atoms with Crippen molar-refractivity contribution in [1.29, 1.82) is 0 Å². The number of hydrogen-bond donors (Lipinski definition) is 0. The van der Waals surface area contributed by atoms with Gasteiger partial charge in [-0.25, -0.2) is 19.6 Å². The number of esters is 2. The van der Waals surface area contributed by atoms with E-state index in [0.29, 0.717) is 11.5 Å². The van der Waals surface area contributed by atoms with Crippen molar-refractivity contribution in [2.75, 3.05) is 28.2 Å². The molecule has 258 valence electrons. The van der Waals surface area contributed by atoms with E-state index in [1.165, 1.54) is 22.7 Å². The Hall–Kier alpha value is -4.88. The maximum absolute atomic E-state index is 13.3. The molecule has 0 aliphatic carbocycles. The molecular formula is C38H38N4O6S2. The maximum Gasteiger partial charge on any atom is 0.419 e. The predicted molar refractivity (Wildman–Crippen MR) is 195 cm³/mol. The molecule has 0 saturated heterocycles. The highest BCUT2D eigenvalue weighted by Crippen LogP contribution is 2.35. The second-order valence-electron chi connectivity index (χ2n) is 12.0. The summed E-state index contributed by atoms with van der Waals surface area (Å²) < 4.78 is 24.6. The lowest BCUT2D eigenvalue weighted by molar-refractivity contribution is -0.185. The van der Waals surface area contributed by atoms with Crippen molar-refractivity contribution in [2.24, 2.45) is 0 Å². The Morgan fingerprint density at radius 2 is 1.00 bits per heavy atom. The van der Waals surface area contributed by atoms with Crippen molar-refractivity contribution in [3.8, 4) is 11.5 Å². The summed E-state index contributed by atoms with van der Waals surface area (Å²) in [4.78, 5) is 39.1. The number of rotatable bonds is 14. The molecule has 0 bridgehead atoms. The number of carbonyl (C=O) groups excluding carboxylic acids is 2. The second-order valence-corrected chi connectivity index (χ2v) is 13.9. The van der Waals surface area contributed by atoms with E-state index in [1.54, 1.807) is 50.4 Å². The summed E-state index contributed by atoms with van der Waals surface area (Å²) >= 11 is 2.89. The molecule has 0 fully saturated rings. The van der Waals surface area contributed by atoms with Crippen LogP contribution < -0.4 is 9.47 Å². The van der Waals surface area contributed by atoms with Gasteiger partial charge in [0, 0.05) is 46.8 Å². The molecule has 2 heterocycles. The lowest BCUT2D eigenvalue weighted by Gasteiger charge is -2.29. The molecule has 4 atom stereocenters. The molecule has 50 heavy (non-hydrogen) atoms. The Bertz CT molecular complexity index is 1860. The number of thiazole rings is 2. The van der Waals surface area contributed by atoms with Gasteiger partial charge >= 0.3 is 11.9 Å². The summed E-state index contributed by atoms with van der Waals surface area (Å²) in [5.74, 6) is -0.861. The SMILES string of the molecule is CN(C)C(CC(Oc1cccc2ccccc12)c1nccs1)OC(=O)C(=O)OC(CC(Oc1cccc2ccccc12)c1nccs1)N(C)C. The van der Waals surface area contributed by atoms with Crippen LogP contribution in [0.2, 0.25) is 0 Å². The van der Waals surface area contributed by atoms with Gasteiger partial charge in [-0.2, -0.15) is 0 Å². The van der Waals surface area contributed by atoms with E-state index in [2.05, 4.69) is 9.97 Å². The Balaban J connectivity index is 1.16. The van der Waals surface area contributed by atoms with Gasteiger partial charge in [-0.15, -0.1) is 22.7 Å². The molecule has 0 N–H and O–H groups in total. The fraction of sp³-hybridized carbons (Fsp3) is 0.263. The lowest BCUT2D eigenvalue weighted by atomic mass is 10.1. The molecule has 10 nitrogen and oxygen atoms in total. The molecule has 0 saturated carbocycles. The number of benzene rings is 4. The molecule has 0 aliphatic heterocycles. The van der Waals surface area contributed by atoms with E-state index in [0.717, 1.165) is 31.6 Å². The molecule has 2 aromatic heterocycles. The third-order valence-electron chi connectivity index (χ3n) is 8.13. The van der Waals surface area contributed by atoms with Gasteiger partial charge in [-0.1, -0.05) is 72.8 Å². The van der Waals surface area contributed by atoms with Crippen LogP contribution in [-0.2, 0) is 19.1 Å². The minimum absolute atomic E-state index is 0.213. The van der Waals surface area contributed by atoms with Crippen LogP contribution in [0, 0.1) is 0 Å². The first-order chi connectivity index (χ1) is 24.3. The Kier molecular flexibility index (Phi) is 11.3. The molecule has 6 aromatic rings. The molecule has 0 spiro atoms. The summed E-state index contributed by atoms with van der Waals surface area (Å²) in [5.41, 5.74) is 0. The minimum atomic E-state index is -1.11. The predicted octanol–water partition coefficient (Wildman–Crippen LogP) is 7.49. The first-order valence-corrected chi connectivity index (χ1v) is 17.8. The zero-order chi connectivity index (χ0) is 35.0. The van der Waals surface area contributed by atoms with Crippen LogP contribution in [0.25, 0.3) is 21.5 Å². The summed E-state index contributed by atoms with van der Waals surface area (Å²) in [6.07, 6.45) is 1.07. The van der Waals surface area contributed by atoms with E-state index >= 15 is 0 Å². The first-order valence-electron chi connectivity index (χ1n) is 16.1. The average Bonchev–Trinajstić information content (AvgIpc) is 3.86. The number of aromatic nitrogens is 2. The van der Waals surface area contributed by atoms with Crippen LogP contribution in [0.15, 0.2) is 108 Å². The van der Waals surface area contributed by atoms with Gasteiger partial charge in [0.1, 0.15) is 21.5 Å². The number of fused-ring (bicyclic) bond motifs is 2. The van der Waals surface area contributed by atoms with Crippen LogP contribution >= 0.6 is 22.7 Å². The molecular weight excluding hydrogens is 673 g/mol. The third-order valence-corrected chi connectivity index (χ3v) is 9.86. The van der Waals surface area contributed by atoms with E-state index in [9.17, 15) is 9.59 Å². The van der Waals surface area contributed by atoms with E-state index < -0.39 is 36.6 Å². The molecule has 0 amide bonds. The van der Waals surface area contributed by atoms with Crippen molar-refractivity contribution in [1.82, 2.24) is 19.8 Å². The lowest BCUT2D eigenvalue weighted by Crippen LogP contribution is -2.41. The van der Waals surface area contributed by atoms with Gasteiger partial charge in [0.2, 0.25) is 0 Å². The van der Waals surface area contributed by atoms with E-state index in [-0.39, 0.29) is 12.8 Å². The molecule has 6 rings (SSSR count). The van der Waals surface area contributed by atoms with Crippen molar-refractivity contribution >= 4 is 56.2 Å². The zero-order valence-corrected chi connectivity index (χ0v) is 29.8. The largest absolute Gasteiger partial charge is 0.482 e. The van der Waals surface area contributed by atoms with Gasteiger partial charge in [0.05, 0.1) is 0 Å². The summed E-state index contributed by atoms with van der Waals surface area (Å²) in [6, 6.07) is 27.6. The summed E-state index contributed by atoms with van der Waals surface area (Å²) in [6.45, 7) is 0. The molecule has 0 aliphatic rings. The van der Waals surface area contributed by atoms with Crippen LogP contribution in [-0.4, -0.2) is 72.4 Å². The maximum atomic E-state index is 13.3. The fourth-order valence-corrected chi connectivity index (χ4v) is 6.89. The van der Waals surface area contributed by atoms with Crippen LogP contribution in [0.4, 0.5) is 0 Å². The summed E-state index contributed by atoms with van der Waals surface area (Å²) in [5, 5.41) is 9.15. The fourth-order valence-electron chi connectivity index (χ4n) is 5.53. The topological polar surface area (TPSA) is 103 Å². The Morgan fingerprint density at radius 3 is 1.38 bits per heavy atom. The first kappa shape index (κ1) is 35.0. The van der Waals surface area contributed by atoms with Crippen molar-refractivity contribution in [3.63, 3.8) is 0 Å². The van der Waals surface area contributed by atoms with Crippen molar-refractivity contribution in [2.45, 2.75) is 37.5 Å². The normalized spacial score (nSPS) is 14.0. The monoisotopic (exact) mass is 710 g/mol. The standard InChI is InChI=1S/C38H38N4O6S2/c1-41(2)33(23-31(35-39-19-21-49-35)45-29-17-9-13-25-11-5-7-15-27(25)29)47-37(43)38(44)48-34(42(3)4)24-32(36-40-20-22-50-36)46-30-18-10-14-26-12-6-8-16-28(26)30/h5-22,31-34H,23-24H2,1-4H3. The summed E-state index contributed by atoms with van der Waals surface area (Å²) in [7, 11) is 7.08.